The molecule has 1 aliphatic rings. The largest absolute Gasteiger partial charge is 0.468 e. The van der Waals surface area contributed by atoms with Crippen molar-refractivity contribution >= 4 is 46.9 Å². The smallest absolute Gasteiger partial charge is 0.337 e. The summed E-state index contributed by atoms with van der Waals surface area (Å²) in [5.74, 6) is -1.33. The Hall–Kier alpha value is -3.52. The maximum absolute atomic E-state index is 13.3. The number of hydrogen-bond donors (Lipinski definition) is 0. The summed E-state index contributed by atoms with van der Waals surface area (Å²) in [6, 6.07) is 14.1. The fourth-order valence-corrected chi connectivity index (χ4v) is 3.48. The van der Waals surface area contributed by atoms with Crippen LogP contribution in [0.15, 0.2) is 54.2 Å². The van der Waals surface area contributed by atoms with E-state index in [1.807, 2.05) is 31.2 Å². The van der Waals surface area contributed by atoms with Gasteiger partial charge in [-0.25, -0.2) is 4.79 Å². The molecule has 0 saturated carbocycles. The molecule has 2 aromatic rings. The molecule has 1 fully saturated rings. The molecule has 0 aliphatic carbocycles. The first kappa shape index (κ1) is 22.2. The lowest BCUT2D eigenvalue weighted by Gasteiger charge is -2.19. The summed E-state index contributed by atoms with van der Waals surface area (Å²) in [5.41, 5.74) is 3.04. The second-order valence-corrected chi connectivity index (χ2v) is 7.11. The Labute approximate surface area is 185 Å². The first-order chi connectivity index (χ1) is 14.9. The Morgan fingerprint density at radius 1 is 1.00 bits per heavy atom. The lowest BCUT2D eigenvalue weighted by atomic mass is 10.1. The van der Waals surface area contributed by atoms with E-state index in [0.29, 0.717) is 16.8 Å². The SMILES string of the molecule is CCc1ccc(N2C(=O)/C(=C/c3ccc(C(=O)OC)cc3)N(CC(=O)OC)C2=S)cc1. The summed E-state index contributed by atoms with van der Waals surface area (Å²) in [5, 5.41) is 0.192. The van der Waals surface area contributed by atoms with Crippen LogP contribution in [-0.2, 0) is 25.5 Å². The van der Waals surface area contributed by atoms with E-state index in [4.69, 9.17) is 21.7 Å². The summed E-state index contributed by atoms with van der Waals surface area (Å²) in [4.78, 5) is 39.7. The molecule has 1 saturated heterocycles. The highest BCUT2D eigenvalue weighted by Gasteiger charge is 2.40. The van der Waals surface area contributed by atoms with Crippen molar-refractivity contribution in [2.24, 2.45) is 0 Å². The van der Waals surface area contributed by atoms with E-state index in [9.17, 15) is 14.4 Å². The van der Waals surface area contributed by atoms with Crippen LogP contribution >= 0.6 is 12.2 Å². The van der Waals surface area contributed by atoms with Crippen molar-refractivity contribution in [1.29, 1.82) is 0 Å². The van der Waals surface area contributed by atoms with Crippen molar-refractivity contribution in [2.75, 3.05) is 25.7 Å². The molecule has 1 heterocycles. The Kier molecular flexibility index (Phi) is 6.81. The third kappa shape index (κ3) is 4.64. The molecule has 0 radical (unpaired) electrons. The van der Waals surface area contributed by atoms with Crippen LogP contribution in [0.3, 0.4) is 0 Å². The Balaban J connectivity index is 1.99. The number of carbonyl (C=O) groups excluding carboxylic acids is 3. The zero-order valence-corrected chi connectivity index (χ0v) is 18.3. The maximum Gasteiger partial charge on any atom is 0.337 e. The number of nitrogens with zero attached hydrogens (tertiary/aromatic N) is 2. The van der Waals surface area contributed by atoms with Crippen LogP contribution in [0.4, 0.5) is 5.69 Å². The molecular formula is C23H22N2O5S. The second-order valence-electron chi connectivity index (χ2n) is 6.75. The van der Waals surface area contributed by atoms with Crippen LogP contribution < -0.4 is 4.90 Å². The van der Waals surface area contributed by atoms with Crippen molar-refractivity contribution in [3.05, 3.63) is 70.9 Å². The predicted molar refractivity (Wildman–Crippen MR) is 120 cm³/mol. The zero-order chi connectivity index (χ0) is 22.5. The fourth-order valence-electron chi connectivity index (χ4n) is 3.13. The van der Waals surface area contributed by atoms with Gasteiger partial charge >= 0.3 is 11.9 Å². The van der Waals surface area contributed by atoms with Crippen LogP contribution in [-0.4, -0.2) is 48.6 Å². The summed E-state index contributed by atoms with van der Waals surface area (Å²) in [6.07, 6.45) is 2.50. The molecule has 31 heavy (non-hydrogen) atoms. The number of carbonyl (C=O) groups is 3. The number of anilines is 1. The van der Waals surface area contributed by atoms with Gasteiger partial charge in [-0.1, -0.05) is 31.2 Å². The monoisotopic (exact) mass is 438 g/mol. The van der Waals surface area contributed by atoms with Crippen molar-refractivity contribution in [3.8, 4) is 0 Å². The topological polar surface area (TPSA) is 76.2 Å². The summed E-state index contributed by atoms with van der Waals surface area (Å²) in [6.45, 7) is 1.85. The number of ether oxygens (including phenoxy) is 2. The number of esters is 2. The number of rotatable bonds is 6. The van der Waals surface area contributed by atoms with Crippen LogP contribution in [0.5, 0.6) is 0 Å². The number of aryl methyl sites for hydroxylation is 1. The minimum Gasteiger partial charge on any atom is -0.468 e. The molecule has 1 aliphatic heterocycles. The molecule has 0 N–H and O–H groups in total. The molecule has 3 rings (SSSR count). The Morgan fingerprint density at radius 3 is 2.19 bits per heavy atom. The fraction of sp³-hybridized carbons (Fsp3) is 0.217. The number of thiocarbonyl (C=S) groups is 1. The number of amides is 1. The number of benzene rings is 2. The molecule has 0 bridgehead atoms. The third-order valence-corrected chi connectivity index (χ3v) is 5.29. The average Bonchev–Trinajstić information content (AvgIpc) is 3.02. The van der Waals surface area contributed by atoms with Gasteiger partial charge in [0, 0.05) is 0 Å². The molecule has 0 aromatic heterocycles. The summed E-state index contributed by atoms with van der Waals surface area (Å²) >= 11 is 5.53. The molecule has 0 unspecified atom stereocenters. The molecule has 2 aromatic carbocycles. The molecule has 160 valence electrons. The molecule has 8 heteroatoms. The lowest BCUT2D eigenvalue weighted by molar-refractivity contribution is -0.140. The van der Waals surface area contributed by atoms with Crippen molar-refractivity contribution in [3.63, 3.8) is 0 Å². The zero-order valence-electron chi connectivity index (χ0n) is 17.5. The van der Waals surface area contributed by atoms with E-state index in [2.05, 4.69) is 0 Å². The van der Waals surface area contributed by atoms with Crippen molar-refractivity contribution in [2.45, 2.75) is 13.3 Å². The van der Waals surface area contributed by atoms with Gasteiger partial charge in [-0.05, 0) is 60.1 Å². The minimum atomic E-state index is -0.523. The van der Waals surface area contributed by atoms with Crippen molar-refractivity contribution < 1.29 is 23.9 Å². The third-order valence-electron chi connectivity index (χ3n) is 4.89. The number of methoxy groups -OCH3 is 2. The van der Waals surface area contributed by atoms with Crippen LogP contribution in [0.1, 0.15) is 28.4 Å². The van der Waals surface area contributed by atoms with E-state index >= 15 is 0 Å². The van der Waals surface area contributed by atoms with E-state index in [1.165, 1.54) is 24.0 Å². The van der Waals surface area contributed by atoms with Gasteiger partial charge < -0.3 is 14.4 Å². The van der Waals surface area contributed by atoms with Gasteiger partial charge in [0.15, 0.2) is 5.11 Å². The first-order valence-electron chi connectivity index (χ1n) is 9.61. The molecule has 7 nitrogen and oxygen atoms in total. The highest BCUT2D eigenvalue weighted by molar-refractivity contribution is 7.80. The predicted octanol–water partition coefficient (Wildman–Crippen LogP) is 3.18. The van der Waals surface area contributed by atoms with E-state index in [-0.39, 0.29) is 23.3 Å². The Morgan fingerprint density at radius 2 is 1.65 bits per heavy atom. The van der Waals surface area contributed by atoms with Gasteiger partial charge in [0.25, 0.3) is 5.91 Å². The molecule has 1 amide bonds. The molecule has 0 spiro atoms. The highest BCUT2D eigenvalue weighted by Crippen LogP contribution is 2.29. The van der Waals surface area contributed by atoms with Gasteiger partial charge in [-0.2, -0.15) is 0 Å². The van der Waals surface area contributed by atoms with Gasteiger partial charge in [0.2, 0.25) is 0 Å². The lowest BCUT2D eigenvalue weighted by Crippen LogP contribution is -2.35. The normalized spacial score (nSPS) is 14.9. The van der Waals surface area contributed by atoms with Gasteiger partial charge in [-0.15, -0.1) is 0 Å². The van der Waals surface area contributed by atoms with E-state index in [1.54, 1.807) is 30.3 Å². The van der Waals surface area contributed by atoms with Gasteiger partial charge in [0.1, 0.15) is 12.2 Å². The number of hydrogen-bond acceptors (Lipinski definition) is 6. The van der Waals surface area contributed by atoms with E-state index in [0.717, 1.165) is 12.0 Å². The molecular weight excluding hydrogens is 416 g/mol. The summed E-state index contributed by atoms with van der Waals surface area (Å²) in [7, 11) is 2.59. The standard InChI is InChI=1S/C23H22N2O5S/c1-4-15-7-11-18(12-8-15)25-21(27)19(24(23(25)31)14-20(26)29-2)13-16-5-9-17(10-6-16)22(28)30-3/h5-13H,4,14H2,1-3H3/b19-13-. The minimum absolute atomic E-state index is 0.192. The van der Waals surface area contributed by atoms with Crippen LogP contribution in [0.2, 0.25) is 0 Å². The quantitative estimate of drug-likeness (QED) is 0.389. The van der Waals surface area contributed by atoms with Crippen LogP contribution in [0.25, 0.3) is 6.08 Å². The van der Waals surface area contributed by atoms with Gasteiger partial charge in [0.05, 0.1) is 25.5 Å². The Bertz CT molecular complexity index is 1040. The molecule has 0 atom stereocenters. The average molecular weight is 439 g/mol. The van der Waals surface area contributed by atoms with Crippen LogP contribution in [0, 0.1) is 0 Å². The van der Waals surface area contributed by atoms with E-state index < -0.39 is 11.9 Å². The second kappa shape index (κ2) is 9.53. The van der Waals surface area contributed by atoms with Gasteiger partial charge in [-0.3, -0.25) is 14.5 Å². The maximum atomic E-state index is 13.3. The highest BCUT2D eigenvalue weighted by atomic mass is 32.1. The summed E-state index contributed by atoms with van der Waals surface area (Å²) < 4.78 is 9.47. The first-order valence-corrected chi connectivity index (χ1v) is 10.0. The van der Waals surface area contributed by atoms with Crippen molar-refractivity contribution in [1.82, 2.24) is 4.90 Å².